The predicted molar refractivity (Wildman–Crippen MR) is 238 cm³/mol. The number of hydrogen-bond donors (Lipinski definition) is 15. The molecule has 3 heterocycles. The number of aliphatic hydroxyl groups is 7. The highest BCUT2D eigenvalue weighted by Gasteiger charge is 2.50. The van der Waals surface area contributed by atoms with E-state index in [1.54, 1.807) is 6.07 Å². The van der Waals surface area contributed by atoms with Crippen LogP contribution in [0.25, 0.3) is 0 Å². The molecule has 3 saturated heterocycles. The van der Waals surface area contributed by atoms with Crippen LogP contribution in [0.3, 0.4) is 0 Å². The van der Waals surface area contributed by atoms with Gasteiger partial charge in [-0.25, -0.2) is 4.79 Å². The number of aliphatic hydroxyl groups excluding tert-OH is 7. The van der Waals surface area contributed by atoms with Crippen molar-refractivity contribution in [2.24, 2.45) is 11.7 Å². The van der Waals surface area contributed by atoms with E-state index in [0.717, 1.165) is 19.1 Å². The van der Waals surface area contributed by atoms with Gasteiger partial charge in [-0.05, 0) is 36.8 Å². The number of phenols is 1. The standard InChI is InChI=1S/C42H56N8O21S/c1-17-15-50-32(33(17)57)39(63)44-14-20(52)11-23(45-42(66)70-22-6-4-3-5-7-22)36(60)46-29(18(2)51)40(64)49-16-21(53)12-24(49)37(61)48-31(38(62)47-30(41(50)65)26(55)13-28(43)56)35(59)34(58)19-8-9-25(54)27(10-19)71-72(67,68)69/h3-10,17-18,20-21,23-24,26,29-35,51-55,57-59H,11-16H2,1-2H3,(H2,43,56)(H,44,63)(H,45,66)(H,46,60)(H,47,62)(H,48,61)(H,67,68,69)/t17-,18+,20-,21+,23-,24?,26+,29?,30?,31?,32?,33-,34-,35-/m0/s1. The Kier molecular flexibility index (Phi) is 18.4. The molecule has 0 radical (unpaired) electrons. The topological polar surface area (TPSA) is 464 Å². The molecule has 3 aliphatic heterocycles. The molecule has 3 aliphatic rings. The van der Waals surface area contributed by atoms with Crippen LogP contribution >= 0.6 is 0 Å². The lowest BCUT2D eigenvalue weighted by atomic mass is 9.96. The van der Waals surface area contributed by atoms with E-state index < -0.39 is 199 Å². The summed E-state index contributed by atoms with van der Waals surface area (Å²) < 4.78 is 41.7. The van der Waals surface area contributed by atoms with Crippen LogP contribution in [0.2, 0.25) is 0 Å². The van der Waals surface area contributed by atoms with Crippen LogP contribution in [0.1, 0.15) is 44.8 Å². The quantitative estimate of drug-likeness (QED) is 0.0930. The SMILES string of the molecule is C[C@@H](O)C1NC(=O)[C@@H](NC(=O)Oc2ccccc2)C[C@H](O)CNC(=O)C2[C@@H](O)[C@@H](C)CN2C(=O)C([C@H](O)CC(N)=O)NC(=O)C([C@H](O)[C@@H](O)c2ccc(O)c(OS(=O)(=O)O)c2)NC(=O)C2C[C@@H](O)CN2C1=O. The Labute approximate surface area is 409 Å². The summed E-state index contributed by atoms with van der Waals surface area (Å²) in [5, 5.41) is 99.5. The van der Waals surface area contributed by atoms with Crippen LogP contribution in [0, 0.1) is 5.92 Å². The Morgan fingerprint density at radius 1 is 0.819 bits per heavy atom. The highest BCUT2D eigenvalue weighted by atomic mass is 32.3. The molecule has 0 aliphatic carbocycles. The fourth-order valence-electron chi connectivity index (χ4n) is 8.25. The first-order chi connectivity index (χ1) is 33.7. The van der Waals surface area contributed by atoms with Gasteiger partial charge in [0, 0.05) is 38.4 Å². The van der Waals surface area contributed by atoms with Gasteiger partial charge >= 0.3 is 16.5 Å². The highest BCUT2D eigenvalue weighted by molar-refractivity contribution is 7.81. The Hall–Kier alpha value is -6.77. The number of benzene rings is 2. The van der Waals surface area contributed by atoms with Crippen LogP contribution in [0.5, 0.6) is 17.2 Å². The molecule has 16 N–H and O–H groups in total. The van der Waals surface area contributed by atoms with E-state index in [-0.39, 0.29) is 5.75 Å². The number of amides is 8. The number of rotatable bonds is 11. The number of nitrogens with zero attached hydrogens (tertiary/aromatic N) is 2. The number of β-amino-alcohol motifs (C(OH)–C–C–N with tert-alkyl or cyclic N) is 1. The summed E-state index contributed by atoms with van der Waals surface area (Å²) in [5.74, 6) is -12.2. The summed E-state index contributed by atoms with van der Waals surface area (Å²) in [7, 11) is -5.32. The molecular formula is C42H56N8O21S. The molecule has 2 aromatic carbocycles. The molecule has 72 heavy (non-hydrogen) atoms. The van der Waals surface area contributed by atoms with Crippen molar-refractivity contribution in [2.45, 2.75) is 112 Å². The molecule has 0 spiro atoms. The van der Waals surface area contributed by atoms with Gasteiger partial charge in [-0.3, -0.25) is 38.1 Å². The van der Waals surface area contributed by atoms with E-state index >= 15 is 0 Å². The molecular weight excluding hydrogens is 985 g/mol. The fraction of sp³-hybridized carbons (Fsp3) is 0.524. The lowest BCUT2D eigenvalue weighted by Crippen LogP contribution is -2.64. The van der Waals surface area contributed by atoms with Crippen molar-refractivity contribution in [1.82, 2.24) is 36.4 Å². The van der Waals surface area contributed by atoms with Crippen molar-refractivity contribution in [1.29, 1.82) is 0 Å². The summed E-state index contributed by atoms with van der Waals surface area (Å²) >= 11 is 0. The van der Waals surface area contributed by atoms with Crippen molar-refractivity contribution in [3.63, 3.8) is 0 Å². The number of ether oxygens (including phenoxy) is 1. The summed E-state index contributed by atoms with van der Waals surface area (Å²) in [4.78, 5) is 112. The van der Waals surface area contributed by atoms with Gasteiger partial charge in [0.25, 0.3) is 0 Å². The summed E-state index contributed by atoms with van der Waals surface area (Å²) in [6.07, 6.45) is -17.8. The van der Waals surface area contributed by atoms with E-state index in [1.165, 1.54) is 31.2 Å². The fourth-order valence-corrected chi connectivity index (χ4v) is 8.61. The van der Waals surface area contributed by atoms with Crippen molar-refractivity contribution in [2.75, 3.05) is 19.6 Å². The zero-order chi connectivity index (χ0) is 53.5. The van der Waals surface area contributed by atoms with Crippen molar-refractivity contribution >= 4 is 57.8 Å². The van der Waals surface area contributed by atoms with Gasteiger partial charge in [-0.15, -0.1) is 0 Å². The molecule has 3 fully saturated rings. The molecule has 29 nitrogen and oxygen atoms in total. The number of phenolic OH excluding ortho intramolecular Hbond substituents is 1. The molecule has 5 unspecified atom stereocenters. The minimum absolute atomic E-state index is 0.00800. The lowest BCUT2D eigenvalue weighted by molar-refractivity contribution is -0.148. The number of carbonyl (C=O) groups excluding carboxylic acids is 8. The van der Waals surface area contributed by atoms with Crippen molar-refractivity contribution < 1.29 is 101 Å². The zero-order valence-corrected chi connectivity index (χ0v) is 39.1. The second-order valence-corrected chi connectivity index (χ2v) is 18.5. The minimum Gasteiger partial charge on any atom is -0.504 e. The lowest BCUT2D eigenvalue weighted by Gasteiger charge is -2.34. The summed E-state index contributed by atoms with van der Waals surface area (Å²) in [6.45, 7) is 0.543. The number of primary amides is 1. The average Bonchev–Trinajstić information content (AvgIpc) is 3.84. The normalized spacial score (nSPS) is 28.9. The predicted octanol–water partition coefficient (Wildman–Crippen LogP) is -6.75. The first-order valence-corrected chi connectivity index (χ1v) is 23.4. The van der Waals surface area contributed by atoms with E-state index in [0.29, 0.717) is 15.9 Å². The number of nitrogens with two attached hydrogens (primary N) is 1. The van der Waals surface area contributed by atoms with Crippen LogP contribution in [0.15, 0.2) is 48.5 Å². The van der Waals surface area contributed by atoms with Gasteiger partial charge in [0.05, 0.1) is 36.9 Å². The second kappa shape index (κ2) is 23.6. The summed E-state index contributed by atoms with van der Waals surface area (Å²) in [6, 6.07) is -2.86. The summed E-state index contributed by atoms with van der Waals surface area (Å²) in [5.41, 5.74) is 4.73. The van der Waals surface area contributed by atoms with Gasteiger partial charge in [0.2, 0.25) is 41.4 Å². The largest absolute Gasteiger partial charge is 0.504 e. The number of aromatic hydroxyl groups is 1. The molecule has 8 amide bonds. The maximum absolute atomic E-state index is 14.5. The van der Waals surface area contributed by atoms with Gasteiger partial charge in [0.15, 0.2) is 11.5 Å². The van der Waals surface area contributed by atoms with Crippen molar-refractivity contribution in [3.8, 4) is 17.2 Å². The van der Waals surface area contributed by atoms with Gasteiger partial charge in [0.1, 0.15) is 54.2 Å². The maximum atomic E-state index is 14.5. The molecule has 2 aromatic rings. The Morgan fingerprint density at radius 3 is 2.07 bits per heavy atom. The molecule has 30 heteroatoms. The Bertz CT molecular complexity index is 2470. The zero-order valence-electron chi connectivity index (χ0n) is 38.2. The number of nitrogens with one attached hydrogen (secondary N) is 5. The number of para-hydroxylation sites is 1. The van der Waals surface area contributed by atoms with Crippen LogP contribution in [0.4, 0.5) is 4.79 Å². The van der Waals surface area contributed by atoms with Crippen LogP contribution in [-0.4, -0.2) is 204 Å². The van der Waals surface area contributed by atoms with Crippen LogP contribution in [-0.2, 0) is 44.0 Å². The third-order valence-electron chi connectivity index (χ3n) is 11.9. The molecule has 0 saturated carbocycles. The molecule has 5 rings (SSSR count). The number of hydrogen-bond acceptors (Lipinski definition) is 20. The first-order valence-electron chi connectivity index (χ1n) is 22.0. The number of carbonyl (C=O) groups is 8. The molecule has 0 aromatic heterocycles. The maximum Gasteiger partial charge on any atom is 0.446 e. The average molecular weight is 1040 g/mol. The molecule has 396 valence electrons. The van der Waals surface area contributed by atoms with Crippen LogP contribution < -0.4 is 41.2 Å². The minimum atomic E-state index is -5.32. The van der Waals surface area contributed by atoms with Gasteiger partial charge < -0.3 is 91.9 Å². The van der Waals surface area contributed by atoms with E-state index in [1.807, 2.05) is 0 Å². The second-order valence-electron chi connectivity index (χ2n) is 17.4. The molecule has 14 atom stereocenters. The van der Waals surface area contributed by atoms with Gasteiger partial charge in [-0.1, -0.05) is 31.2 Å². The van der Waals surface area contributed by atoms with E-state index in [4.69, 9.17) is 10.5 Å². The number of fused-ring (bicyclic) bond motifs is 2. The van der Waals surface area contributed by atoms with E-state index in [9.17, 15) is 92.2 Å². The Morgan fingerprint density at radius 2 is 1.44 bits per heavy atom. The third-order valence-corrected chi connectivity index (χ3v) is 12.3. The van der Waals surface area contributed by atoms with Gasteiger partial charge in [-0.2, -0.15) is 8.42 Å². The third kappa shape index (κ3) is 14.0. The molecule has 0 bridgehead atoms. The smallest absolute Gasteiger partial charge is 0.446 e. The Balaban J connectivity index is 1.61. The first kappa shape index (κ1) is 56.1. The van der Waals surface area contributed by atoms with E-state index in [2.05, 4.69) is 30.8 Å². The van der Waals surface area contributed by atoms with Crippen molar-refractivity contribution in [3.05, 3.63) is 54.1 Å². The highest BCUT2D eigenvalue weighted by Crippen LogP contribution is 2.33. The monoisotopic (exact) mass is 1040 g/mol.